The third-order valence-corrected chi connectivity index (χ3v) is 4.03. The van der Waals surface area contributed by atoms with Gasteiger partial charge in [-0.05, 0) is 25.0 Å². The van der Waals surface area contributed by atoms with Crippen LogP contribution < -0.4 is 10.6 Å². The molecule has 1 aromatic rings. The summed E-state index contributed by atoms with van der Waals surface area (Å²) in [6.45, 7) is 5.14. The first-order valence-electron chi connectivity index (χ1n) is 6.49. The van der Waals surface area contributed by atoms with Crippen LogP contribution in [-0.4, -0.2) is 18.0 Å². The van der Waals surface area contributed by atoms with Gasteiger partial charge in [0.1, 0.15) is 0 Å². The van der Waals surface area contributed by atoms with Crippen molar-refractivity contribution < 1.29 is 0 Å². The molecular formula is C14H20ClN3. The van der Waals surface area contributed by atoms with Crippen LogP contribution in [0.15, 0.2) is 29.3 Å². The zero-order valence-corrected chi connectivity index (χ0v) is 11.7. The van der Waals surface area contributed by atoms with E-state index in [1.807, 2.05) is 24.3 Å². The fraction of sp³-hybridized carbons (Fsp3) is 0.500. The molecule has 0 aliphatic carbocycles. The molecule has 1 aliphatic rings. The molecule has 1 aliphatic heterocycles. The predicted molar refractivity (Wildman–Crippen MR) is 78.4 cm³/mol. The first-order valence-corrected chi connectivity index (χ1v) is 6.87. The largest absolute Gasteiger partial charge is 0.369 e. The van der Waals surface area contributed by atoms with E-state index in [-0.39, 0.29) is 5.54 Å². The molecular weight excluding hydrogens is 246 g/mol. The topological polar surface area (TPSA) is 41.6 Å². The lowest BCUT2D eigenvalue weighted by Gasteiger charge is -2.39. The van der Waals surface area contributed by atoms with Crippen molar-refractivity contribution in [2.75, 3.05) is 11.4 Å². The van der Waals surface area contributed by atoms with Crippen LogP contribution in [0.3, 0.4) is 0 Å². The summed E-state index contributed by atoms with van der Waals surface area (Å²) in [4.78, 5) is 6.56. The van der Waals surface area contributed by atoms with Crippen molar-refractivity contribution in [2.24, 2.45) is 10.7 Å². The number of rotatable bonds is 4. The summed E-state index contributed by atoms with van der Waals surface area (Å²) in [7, 11) is 0. The summed E-state index contributed by atoms with van der Waals surface area (Å²) in [6, 6.07) is 7.83. The van der Waals surface area contributed by atoms with E-state index in [1.54, 1.807) is 0 Å². The molecule has 18 heavy (non-hydrogen) atoms. The fourth-order valence-electron chi connectivity index (χ4n) is 2.73. The number of hydrogen-bond acceptors (Lipinski definition) is 3. The highest BCUT2D eigenvalue weighted by atomic mass is 35.5. The van der Waals surface area contributed by atoms with Gasteiger partial charge in [0, 0.05) is 0 Å². The van der Waals surface area contributed by atoms with Gasteiger partial charge in [0.15, 0.2) is 5.96 Å². The second-order valence-corrected chi connectivity index (χ2v) is 5.20. The fourth-order valence-corrected chi connectivity index (χ4v) is 2.95. The number of anilines is 1. The summed E-state index contributed by atoms with van der Waals surface area (Å²) in [6.07, 6.45) is 3.19. The molecule has 1 heterocycles. The van der Waals surface area contributed by atoms with Crippen molar-refractivity contribution in [3.05, 3.63) is 29.3 Å². The molecule has 1 aromatic carbocycles. The molecule has 0 aromatic heterocycles. The number of hydrogen-bond donors (Lipinski definition) is 1. The van der Waals surface area contributed by atoms with E-state index < -0.39 is 0 Å². The van der Waals surface area contributed by atoms with Crippen LogP contribution >= 0.6 is 11.6 Å². The van der Waals surface area contributed by atoms with Crippen LogP contribution in [0.2, 0.25) is 5.02 Å². The van der Waals surface area contributed by atoms with E-state index >= 15 is 0 Å². The lowest BCUT2D eigenvalue weighted by molar-refractivity contribution is 0.404. The normalized spacial score (nSPS) is 23.3. The van der Waals surface area contributed by atoms with Gasteiger partial charge in [-0.15, -0.1) is 0 Å². The van der Waals surface area contributed by atoms with Crippen LogP contribution in [0.5, 0.6) is 0 Å². The molecule has 0 spiro atoms. The zero-order chi connectivity index (χ0) is 13.2. The minimum absolute atomic E-state index is 0.0101. The second kappa shape index (κ2) is 5.19. The molecule has 1 unspecified atom stereocenters. The Labute approximate surface area is 114 Å². The monoisotopic (exact) mass is 265 g/mol. The number of nitrogens with two attached hydrogens (primary N) is 1. The minimum atomic E-state index is -0.0101. The molecule has 0 radical (unpaired) electrons. The Hall–Kier alpha value is -1.22. The van der Waals surface area contributed by atoms with Crippen molar-refractivity contribution >= 4 is 23.2 Å². The maximum Gasteiger partial charge on any atom is 0.196 e. The summed E-state index contributed by atoms with van der Waals surface area (Å²) in [5.74, 6) is 0.582. The molecule has 0 fully saturated rings. The summed E-state index contributed by atoms with van der Waals surface area (Å²) < 4.78 is 0. The Morgan fingerprint density at radius 3 is 2.72 bits per heavy atom. The Morgan fingerprint density at radius 2 is 2.11 bits per heavy atom. The zero-order valence-electron chi connectivity index (χ0n) is 11.0. The van der Waals surface area contributed by atoms with Crippen molar-refractivity contribution in [1.82, 2.24) is 0 Å². The Balaban J connectivity index is 2.45. The maximum atomic E-state index is 6.30. The molecule has 0 saturated carbocycles. The van der Waals surface area contributed by atoms with Crippen molar-refractivity contribution in [1.29, 1.82) is 0 Å². The van der Waals surface area contributed by atoms with E-state index in [2.05, 4.69) is 23.7 Å². The van der Waals surface area contributed by atoms with Gasteiger partial charge in [-0.2, -0.15) is 0 Å². The van der Waals surface area contributed by atoms with Gasteiger partial charge in [-0.1, -0.05) is 44.0 Å². The molecule has 0 bridgehead atoms. The molecule has 2 N–H and O–H groups in total. The van der Waals surface area contributed by atoms with Gasteiger partial charge in [0.2, 0.25) is 0 Å². The van der Waals surface area contributed by atoms with Crippen molar-refractivity contribution in [3.8, 4) is 0 Å². The van der Waals surface area contributed by atoms with Crippen molar-refractivity contribution in [2.45, 2.75) is 38.6 Å². The minimum Gasteiger partial charge on any atom is -0.369 e. The predicted octanol–water partition coefficient (Wildman–Crippen LogP) is 3.42. The molecule has 0 amide bonds. The standard InChI is InChI=1S/C14H20ClN3/c1-3-9-14(4-2)10-17-13(16)18(14)12-8-6-5-7-11(12)15/h5-8H,3-4,9-10H2,1-2H3,(H2,16,17). The summed E-state index contributed by atoms with van der Waals surface area (Å²) in [5.41, 5.74) is 7.03. The lowest BCUT2D eigenvalue weighted by atomic mass is 9.89. The number of para-hydroxylation sites is 1. The Morgan fingerprint density at radius 1 is 1.39 bits per heavy atom. The molecule has 98 valence electrons. The number of benzene rings is 1. The third-order valence-electron chi connectivity index (χ3n) is 3.71. The van der Waals surface area contributed by atoms with Crippen LogP contribution in [0.25, 0.3) is 0 Å². The number of halogens is 1. The van der Waals surface area contributed by atoms with Gasteiger partial charge in [-0.3, -0.25) is 4.99 Å². The van der Waals surface area contributed by atoms with E-state index in [0.29, 0.717) is 5.96 Å². The van der Waals surface area contributed by atoms with E-state index in [0.717, 1.165) is 36.5 Å². The number of guanidine groups is 1. The Kier molecular flexibility index (Phi) is 3.81. The smallest absolute Gasteiger partial charge is 0.196 e. The first kappa shape index (κ1) is 13.2. The summed E-state index contributed by atoms with van der Waals surface area (Å²) in [5, 5.41) is 0.728. The molecule has 1 atom stereocenters. The molecule has 0 saturated heterocycles. The average Bonchev–Trinajstić information content (AvgIpc) is 2.69. The van der Waals surface area contributed by atoms with Crippen molar-refractivity contribution in [3.63, 3.8) is 0 Å². The molecule has 4 heteroatoms. The lowest BCUT2D eigenvalue weighted by Crippen LogP contribution is -2.51. The quantitative estimate of drug-likeness (QED) is 0.906. The number of nitrogens with zero attached hydrogens (tertiary/aromatic N) is 2. The third kappa shape index (κ3) is 2.07. The van der Waals surface area contributed by atoms with Crippen LogP contribution in [0.1, 0.15) is 33.1 Å². The van der Waals surface area contributed by atoms with Gasteiger partial charge >= 0.3 is 0 Å². The van der Waals surface area contributed by atoms with Gasteiger partial charge < -0.3 is 10.6 Å². The van der Waals surface area contributed by atoms with Gasteiger partial charge in [0.25, 0.3) is 0 Å². The first-order chi connectivity index (χ1) is 8.64. The Bertz CT molecular complexity index is 458. The highest BCUT2D eigenvalue weighted by Gasteiger charge is 2.41. The van der Waals surface area contributed by atoms with E-state index in [1.165, 1.54) is 0 Å². The highest BCUT2D eigenvalue weighted by molar-refractivity contribution is 6.34. The highest BCUT2D eigenvalue weighted by Crippen LogP contribution is 2.38. The number of aliphatic imine (C=N–C) groups is 1. The maximum absolute atomic E-state index is 6.30. The SMILES string of the molecule is CCCC1(CC)CN=C(N)N1c1ccccc1Cl. The van der Waals surface area contributed by atoms with Gasteiger partial charge in [-0.25, -0.2) is 0 Å². The van der Waals surface area contributed by atoms with Crippen LogP contribution in [0, 0.1) is 0 Å². The van der Waals surface area contributed by atoms with Gasteiger partial charge in [0.05, 0.1) is 22.8 Å². The van der Waals surface area contributed by atoms with E-state index in [4.69, 9.17) is 17.3 Å². The molecule has 2 rings (SSSR count). The average molecular weight is 266 g/mol. The molecule has 3 nitrogen and oxygen atoms in total. The summed E-state index contributed by atoms with van der Waals surface area (Å²) >= 11 is 6.30. The second-order valence-electron chi connectivity index (χ2n) is 4.79. The van der Waals surface area contributed by atoms with Crippen LogP contribution in [-0.2, 0) is 0 Å². The van der Waals surface area contributed by atoms with E-state index in [9.17, 15) is 0 Å². The van der Waals surface area contributed by atoms with Crippen LogP contribution in [0.4, 0.5) is 5.69 Å².